The Bertz CT molecular complexity index is 1650. The van der Waals surface area contributed by atoms with Gasteiger partial charge >= 0.3 is 0 Å². The first-order chi connectivity index (χ1) is 19.9. The highest BCUT2D eigenvalue weighted by atomic mass is 79.9. The van der Waals surface area contributed by atoms with Gasteiger partial charge in [0.25, 0.3) is 0 Å². The van der Waals surface area contributed by atoms with Gasteiger partial charge in [0, 0.05) is 34.0 Å². The van der Waals surface area contributed by atoms with E-state index in [4.69, 9.17) is 0 Å². The molecule has 0 radical (unpaired) electrons. The lowest BCUT2D eigenvalue weighted by Crippen LogP contribution is -2.38. The first kappa shape index (κ1) is 24.9. The van der Waals surface area contributed by atoms with Crippen LogP contribution >= 0.6 is 15.9 Å². The van der Waals surface area contributed by atoms with Crippen molar-refractivity contribution in [1.29, 1.82) is 5.26 Å². The number of hydrogen-bond acceptors (Lipinski definition) is 7. The van der Waals surface area contributed by atoms with Crippen molar-refractivity contribution in [2.24, 2.45) is 0 Å². The molecular weight excluding hydrogens is 569 g/mol. The van der Waals surface area contributed by atoms with E-state index in [1.807, 2.05) is 41.5 Å². The van der Waals surface area contributed by atoms with Crippen LogP contribution in [0.1, 0.15) is 56.3 Å². The number of hydrogen-bond donors (Lipinski definition) is 4. The first-order valence-electron chi connectivity index (χ1n) is 13.8. The monoisotopic (exact) mass is 598 g/mol. The molecule has 40 heavy (non-hydrogen) atoms. The van der Waals surface area contributed by atoms with E-state index in [9.17, 15) is 11.0 Å². The van der Waals surface area contributed by atoms with Gasteiger partial charge < -0.3 is 16.1 Å². The Labute approximate surface area is 242 Å². The van der Waals surface area contributed by atoms with Crippen LogP contribution in [0.2, 0.25) is 0 Å². The van der Waals surface area contributed by atoms with Crippen LogP contribution in [0.5, 0.6) is 0 Å². The van der Waals surface area contributed by atoms with E-state index < -0.39 is 6.02 Å². The molecule has 1 aliphatic carbocycles. The highest BCUT2D eigenvalue weighted by Gasteiger charge is 2.32. The molecule has 202 valence electrons. The maximum Gasteiger partial charge on any atom is 0.123 e. The fourth-order valence-electron chi connectivity index (χ4n) is 4.91. The highest BCUT2D eigenvalue weighted by molar-refractivity contribution is 9.10. The SMILES string of the molecule is [2H][C@](Nc1cc(Br)c2ncc(C#N)c(N[C@H](CC)c3ccccc3)c2c1)(C1=CN(C2CC2)NN1)c1ccc(F)cc1. The first-order valence-corrected chi connectivity index (χ1v) is 14.1. The molecular formula is C31H29BrFN7. The van der Waals surface area contributed by atoms with Crippen LogP contribution in [-0.4, -0.2) is 16.0 Å². The minimum Gasteiger partial charge on any atom is -0.377 e. The molecule has 0 bridgehead atoms. The number of rotatable bonds is 9. The molecule has 4 N–H and O–H groups in total. The van der Waals surface area contributed by atoms with Crippen LogP contribution < -0.4 is 21.6 Å². The third-order valence-corrected chi connectivity index (χ3v) is 7.78. The van der Waals surface area contributed by atoms with E-state index in [1.54, 1.807) is 18.3 Å². The van der Waals surface area contributed by atoms with Crippen molar-refractivity contribution in [2.45, 2.75) is 44.3 Å². The average molecular weight is 600 g/mol. The zero-order chi connectivity index (χ0) is 28.6. The quantitative estimate of drug-likeness (QED) is 0.164. The number of anilines is 2. The van der Waals surface area contributed by atoms with Crippen LogP contribution in [0.25, 0.3) is 10.9 Å². The maximum atomic E-state index is 13.9. The van der Waals surface area contributed by atoms with Gasteiger partial charge in [-0.05, 0) is 70.6 Å². The minimum absolute atomic E-state index is 0.0221. The molecule has 2 heterocycles. The Kier molecular flexibility index (Phi) is 6.94. The number of hydrazine groups is 2. The molecule has 2 atom stereocenters. The zero-order valence-corrected chi connectivity index (χ0v) is 23.5. The van der Waals surface area contributed by atoms with Crippen molar-refractivity contribution in [3.05, 3.63) is 112 Å². The summed E-state index contributed by atoms with van der Waals surface area (Å²) in [6.07, 6.45) is 6.44. The largest absolute Gasteiger partial charge is 0.377 e. The predicted molar refractivity (Wildman–Crippen MR) is 159 cm³/mol. The number of benzene rings is 3. The van der Waals surface area contributed by atoms with Crippen molar-refractivity contribution in [3.8, 4) is 6.07 Å². The summed E-state index contributed by atoms with van der Waals surface area (Å²) in [4.78, 5) is 4.57. The predicted octanol–water partition coefficient (Wildman–Crippen LogP) is 7.05. The Hall–Kier alpha value is -4.13. The van der Waals surface area contributed by atoms with E-state index in [0.717, 1.165) is 30.2 Å². The topological polar surface area (TPSA) is 88.0 Å². The second-order valence-corrected chi connectivity index (χ2v) is 10.8. The second-order valence-electron chi connectivity index (χ2n) is 9.95. The number of nitriles is 1. The van der Waals surface area contributed by atoms with Crippen LogP contribution in [0.3, 0.4) is 0 Å². The van der Waals surface area contributed by atoms with Crippen LogP contribution in [-0.2, 0) is 0 Å². The van der Waals surface area contributed by atoms with Gasteiger partial charge in [-0.2, -0.15) is 5.26 Å². The van der Waals surface area contributed by atoms with Crippen LogP contribution in [0.4, 0.5) is 15.8 Å². The van der Waals surface area contributed by atoms with E-state index >= 15 is 0 Å². The van der Waals surface area contributed by atoms with Crippen molar-refractivity contribution < 1.29 is 5.76 Å². The van der Waals surface area contributed by atoms with Gasteiger partial charge in [-0.1, -0.05) is 49.4 Å². The third kappa shape index (κ3) is 5.33. The number of nitrogens with zero attached hydrogens (tertiary/aromatic N) is 3. The summed E-state index contributed by atoms with van der Waals surface area (Å²) >= 11 is 3.68. The summed E-state index contributed by atoms with van der Waals surface area (Å²) in [5.41, 5.74) is 11.0. The molecule has 0 saturated heterocycles. The van der Waals surface area contributed by atoms with Gasteiger partial charge in [0.05, 0.1) is 35.9 Å². The number of halogens is 2. The summed E-state index contributed by atoms with van der Waals surface area (Å²) in [5.74, 6) is -0.370. The molecule has 9 heteroatoms. The smallest absolute Gasteiger partial charge is 0.123 e. The summed E-state index contributed by atoms with van der Waals surface area (Å²) < 4.78 is 24.2. The zero-order valence-electron chi connectivity index (χ0n) is 22.9. The van der Waals surface area contributed by atoms with Crippen molar-refractivity contribution in [3.63, 3.8) is 0 Å². The Morgan fingerprint density at radius 2 is 1.93 bits per heavy atom. The molecule has 1 aromatic heterocycles. The molecule has 0 unspecified atom stereocenters. The lowest BCUT2D eigenvalue weighted by molar-refractivity contribution is 0.260. The lowest BCUT2D eigenvalue weighted by atomic mass is 10.0. The van der Waals surface area contributed by atoms with Gasteiger partial charge in [0.2, 0.25) is 0 Å². The van der Waals surface area contributed by atoms with Crippen LogP contribution in [0, 0.1) is 17.1 Å². The number of aromatic nitrogens is 1. The fraction of sp³-hybridized carbons (Fsp3) is 0.226. The minimum atomic E-state index is -1.48. The lowest BCUT2D eigenvalue weighted by Gasteiger charge is -2.24. The number of nitrogens with one attached hydrogen (secondary N) is 4. The average Bonchev–Trinajstić information content (AvgIpc) is 3.72. The number of fused-ring (bicyclic) bond motifs is 1. The second kappa shape index (κ2) is 11.2. The maximum absolute atomic E-state index is 13.9. The standard InChI is InChI=1S/C31H29BrFN7/c1-2-27(19-6-4-3-5-7-19)37-29-21(16-34)17-35-31-25(29)14-23(15-26(31)32)36-30(20-8-10-22(33)11-9-20)28-18-40(39-38-28)24-12-13-24/h3-11,14-15,17-18,24,27,30,36,38-39H,2,12-13H2,1H3,(H,35,37)/t27-,30-/m1/s1/i30D. The van der Waals surface area contributed by atoms with Gasteiger partial charge in [0.15, 0.2) is 0 Å². The summed E-state index contributed by atoms with van der Waals surface area (Å²) in [7, 11) is 0. The Morgan fingerprint density at radius 1 is 1.15 bits per heavy atom. The van der Waals surface area contributed by atoms with E-state index in [1.165, 1.54) is 12.1 Å². The molecule has 7 nitrogen and oxygen atoms in total. The highest BCUT2D eigenvalue weighted by Crippen LogP contribution is 2.38. The molecule has 0 spiro atoms. The van der Waals surface area contributed by atoms with Crippen molar-refractivity contribution >= 4 is 38.2 Å². The fourth-order valence-corrected chi connectivity index (χ4v) is 5.48. The van der Waals surface area contributed by atoms with E-state index in [-0.39, 0.29) is 11.9 Å². The molecule has 6 rings (SSSR count). The van der Waals surface area contributed by atoms with Crippen molar-refractivity contribution in [2.75, 3.05) is 10.6 Å². The van der Waals surface area contributed by atoms with E-state index in [2.05, 4.69) is 67.6 Å². The summed E-state index contributed by atoms with van der Waals surface area (Å²) in [6, 6.07) is 21.0. The molecule has 3 aromatic carbocycles. The summed E-state index contributed by atoms with van der Waals surface area (Å²) in [6.45, 7) is 2.10. The molecule has 1 fully saturated rings. The van der Waals surface area contributed by atoms with Gasteiger partial charge in [0.1, 0.15) is 11.9 Å². The molecule has 2 aliphatic rings. The molecule has 1 saturated carbocycles. The molecule has 1 aliphatic heterocycles. The normalized spacial score (nSPS) is 17.3. The summed E-state index contributed by atoms with van der Waals surface area (Å²) in [5, 5.41) is 19.7. The van der Waals surface area contributed by atoms with Crippen molar-refractivity contribution in [1.82, 2.24) is 21.0 Å². The molecule has 4 aromatic rings. The third-order valence-electron chi connectivity index (χ3n) is 7.17. The number of pyridine rings is 1. The van der Waals surface area contributed by atoms with Gasteiger partial charge in [-0.25, -0.2) is 4.39 Å². The van der Waals surface area contributed by atoms with Crippen LogP contribution in [0.15, 0.2) is 89.3 Å². The van der Waals surface area contributed by atoms with Gasteiger partial charge in [-0.15, -0.1) is 5.53 Å². The Balaban J connectivity index is 1.44. The van der Waals surface area contributed by atoms with Gasteiger partial charge in [-0.3, -0.25) is 9.99 Å². The molecule has 0 amide bonds. The Morgan fingerprint density at radius 3 is 2.62 bits per heavy atom. The van der Waals surface area contributed by atoms with E-state index in [0.29, 0.717) is 44.2 Å².